The van der Waals surface area contributed by atoms with Crippen LogP contribution in [0.25, 0.3) is 11.0 Å². The zero-order valence-corrected chi connectivity index (χ0v) is 13.2. The average Bonchev–Trinajstić information content (AvgIpc) is 2.95. The Hall–Kier alpha value is -3.15. The van der Waals surface area contributed by atoms with Gasteiger partial charge in [0.05, 0.1) is 6.42 Å². The Morgan fingerprint density at radius 1 is 1.17 bits per heavy atom. The number of amides is 2. The standard InChI is InChI=1S/C18H17N3O3/c1-11-2-7-16-14(8-11)15(21-24-16)9-17(22)20-10-12-3-5-13(6-4-12)18(19)23/h2-8H,9-10H2,1H3,(H2,19,23)(H,20,22). The molecule has 0 aliphatic carbocycles. The molecule has 0 bridgehead atoms. The first-order chi connectivity index (χ1) is 11.5. The third-order valence-electron chi connectivity index (χ3n) is 3.76. The average molecular weight is 323 g/mol. The van der Waals surface area contributed by atoms with Crippen LogP contribution in [0.4, 0.5) is 0 Å². The number of nitrogens with two attached hydrogens (primary N) is 1. The molecule has 1 heterocycles. The van der Waals surface area contributed by atoms with Crippen molar-refractivity contribution >= 4 is 22.8 Å². The van der Waals surface area contributed by atoms with Gasteiger partial charge in [-0.15, -0.1) is 0 Å². The Morgan fingerprint density at radius 3 is 2.62 bits per heavy atom. The van der Waals surface area contributed by atoms with Gasteiger partial charge < -0.3 is 15.6 Å². The molecule has 0 spiro atoms. The van der Waals surface area contributed by atoms with Gasteiger partial charge in [-0.3, -0.25) is 9.59 Å². The van der Waals surface area contributed by atoms with Gasteiger partial charge in [-0.05, 0) is 36.8 Å². The topological polar surface area (TPSA) is 98.2 Å². The number of nitrogens with one attached hydrogen (secondary N) is 1. The van der Waals surface area contributed by atoms with Crippen molar-refractivity contribution in [3.8, 4) is 0 Å². The lowest BCUT2D eigenvalue weighted by atomic mass is 10.1. The Kier molecular flexibility index (Phi) is 4.29. The highest BCUT2D eigenvalue weighted by Crippen LogP contribution is 2.20. The van der Waals surface area contributed by atoms with Crippen molar-refractivity contribution in [2.75, 3.05) is 0 Å². The van der Waals surface area contributed by atoms with E-state index in [-0.39, 0.29) is 12.3 Å². The summed E-state index contributed by atoms with van der Waals surface area (Å²) < 4.78 is 5.23. The monoisotopic (exact) mass is 323 g/mol. The molecule has 0 unspecified atom stereocenters. The fourth-order valence-electron chi connectivity index (χ4n) is 2.43. The highest BCUT2D eigenvalue weighted by atomic mass is 16.5. The van der Waals surface area contributed by atoms with Crippen LogP contribution >= 0.6 is 0 Å². The predicted octanol–water partition coefficient (Wildman–Crippen LogP) is 2.09. The van der Waals surface area contributed by atoms with E-state index in [2.05, 4.69) is 10.5 Å². The van der Waals surface area contributed by atoms with E-state index in [9.17, 15) is 9.59 Å². The molecule has 3 aromatic rings. The molecule has 122 valence electrons. The lowest BCUT2D eigenvalue weighted by molar-refractivity contribution is -0.120. The normalized spacial score (nSPS) is 10.7. The van der Waals surface area contributed by atoms with Gasteiger partial charge in [-0.2, -0.15) is 0 Å². The number of nitrogens with zero attached hydrogens (tertiary/aromatic N) is 1. The number of benzene rings is 2. The number of primary amides is 1. The number of aromatic nitrogens is 1. The van der Waals surface area contributed by atoms with Gasteiger partial charge in [0, 0.05) is 17.5 Å². The van der Waals surface area contributed by atoms with Crippen molar-refractivity contribution in [3.05, 3.63) is 64.8 Å². The first-order valence-electron chi connectivity index (χ1n) is 7.53. The van der Waals surface area contributed by atoms with Crippen LogP contribution < -0.4 is 11.1 Å². The number of carbonyl (C=O) groups is 2. The lowest BCUT2D eigenvalue weighted by Crippen LogP contribution is -2.24. The molecular weight excluding hydrogens is 306 g/mol. The van der Waals surface area contributed by atoms with E-state index in [0.717, 1.165) is 16.5 Å². The molecule has 24 heavy (non-hydrogen) atoms. The van der Waals surface area contributed by atoms with E-state index in [1.54, 1.807) is 24.3 Å². The van der Waals surface area contributed by atoms with Crippen LogP contribution in [-0.2, 0) is 17.8 Å². The molecule has 6 nitrogen and oxygen atoms in total. The third-order valence-corrected chi connectivity index (χ3v) is 3.76. The SMILES string of the molecule is Cc1ccc2onc(CC(=O)NCc3ccc(C(N)=O)cc3)c2c1. The maximum absolute atomic E-state index is 12.1. The van der Waals surface area contributed by atoms with Gasteiger partial charge in [-0.25, -0.2) is 0 Å². The smallest absolute Gasteiger partial charge is 0.248 e. The van der Waals surface area contributed by atoms with E-state index in [0.29, 0.717) is 23.4 Å². The summed E-state index contributed by atoms with van der Waals surface area (Å²) in [5.74, 6) is -0.621. The number of rotatable bonds is 5. The largest absolute Gasteiger partial charge is 0.366 e. The molecule has 6 heteroatoms. The van der Waals surface area contributed by atoms with Crippen LogP contribution in [0, 0.1) is 6.92 Å². The molecular formula is C18H17N3O3. The third kappa shape index (κ3) is 3.43. The van der Waals surface area contributed by atoms with Crippen LogP contribution in [0.1, 0.15) is 27.2 Å². The van der Waals surface area contributed by atoms with Gasteiger partial charge in [0.1, 0.15) is 5.69 Å². The molecule has 0 aliphatic heterocycles. The summed E-state index contributed by atoms with van der Waals surface area (Å²) in [5.41, 5.74) is 8.89. The quantitative estimate of drug-likeness (QED) is 0.751. The second-order valence-corrected chi connectivity index (χ2v) is 5.64. The molecule has 1 aromatic heterocycles. The minimum Gasteiger partial charge on any atom is -0.366 e. The first kappa shape index (κ1) is 15.7. The van der Waals surface area contributed by atoms with Crippen LogP contribution in [0.2, 0.25) is 0 Å². The van der Waals surface area contributed by atoms with Crippen LogP contribution in [0.15, 0.2) is 47.0 Å². The Morgan fingerprint density at radius 2 is 1.92 bits per heavy atom. The molecule has 2 aromatic carbocycles. The van der Waals surface area contributed by atoms with E-state index in [1.165, 1.54) is 0 Å². The van der Waals surface area contributed by atoms with Gasteiger partial charge >= 0.3 is 0 Å². The Labute approximate surface area is 138 Å². The fraction of sp³-hybridized carbons (Fsp3) is 0.167. The lowest BCUT2D eigenvalue weighted by Gasteiger charge is -2.05. The number of fused-ring (bicyclic) bond motifs is 1. The van der Waals surface area contributed by atoms with Gasteiger partial charge in [0.2, 0.25) is 11.8 Å². The summed E-state index contributed by atoms with van der Waals surface area (Å²) in [6, 6.07) is 12.5. The molecule has 0 saturated heterocycles. The highest BCUT2D eigenvalue weighted by Gasteiger charge is 2.12. The number of carbonyl (C=O) groups excluding carboxylic acids is 2. The molecule has 2 amide bonds. The van der Waals surface area contributed by atoms with E-state index >= 15 is 0 Å². The fourth-order valence-corrected chi connectivity index (χ4v) is 2.43. The second-order valence-electron chi connectivity index (χ2n) is 5.64. The van der Waals surface area contributed by atoms with Crippen LogP contribution in [-0.4, -0.2) is 17.0 Å². The number of aryl methyl sites for hydroxylation is 1. The van der Waals surface area contributed by atoms with E-state index < -0.39 is 5.91 Å². The number of hydrogen-bond donors (Lipinski definition) is 2. The molecule has 0 radical (unpaired) electrons. The maximum atomic E-state index is 12.1. The zero-order valence-electron chi connectivity index (χ0n) is 13.2. The summed E-state index contributed by atoms with van der Waals surface area (Å²) in [5, 5.41) is 7.66. The number of hydrogen-bond acceptors (Lipinski definition) is 4. The molecule has 0 saturated carbocycles. The van der Waals surface area contributed by atoms with Gasteiger partial charge in [0.15, 0.2) is 5.58 Å². The molecule has 0 aliphatic rings. The van der Waals surface area contributed by atoms with Crippen molar-refractivity contribution in [2.45, 2.75) is 19.9 Å². The van der Waals surface area contributed by atoms with Crippen molar-refractivity contribution in [1.29, 1.82) is 0 Å². The molecule has 0 fully saturated rings. The van der Waals surface area contributed by atoms with Crippen molar-refractivity contribution in [1.82, 2.24) is 10.5 Å². The minimum atomic E-state index is -0.473. The molecule has 3 rings (SSSR count). The van der Waals surface area contributed by atoms with Crippen LogP contribution in [0.3, 0.4) is 0 Å². The minimum absolute atomic E-state index is 0.148. The molecule has 0 atom stereocenters. The zero-order chi connectivity index (χ0) is 17.1. The van der Waals surface area contributed by atoms with Crippen molar-refractivity contribution in [2.24, 2.45) is 5.73 Å². The summed E-state index contributed by atoms with van der Waals surface area (Å²) in [4.78, 5) is 23.1. The first-order valence-corrected chi connectivity index (χ1v) is 7.53. The Balaban J connectivity index is 1.62. The predicted molar refractivity (Wildman–Crippen MR) is 89.3 cm³/mol. The summed E-state index contributed by atoms with van der Waals surface area (Å²) in [6.07, 6.45) is 0.149. The summed E-state index contributed by atoms with van der Waals surface area (Å²) in [7, 11) is 0. The maximum Gasteiger partial charge on any atom is 0.248 e. The Bertz CT molecular complexity index is 898. The summed E-state index contributed by atoms with van der Waals surface area (Å²) in [6.45, 7) is 2.35. The van der Waals surface area contributed by atoms with Crippen molar-refractivity contribution < 1.29 is 14.1 Å². The second kappa shape index (κ2) is 6.54. The molecule has 3 N–H and O–H groups in total. The summed E-state index contributed by atoms with van der Waals surface area (Å²) >= 11 is 0. The van der Waals surface area contributed by atoms with Gasteiger partial charge in [-0.1, -0.05) is 28.9 Å². The van der Waals surface area contributed by atoms with Crippen LogP contribution in [0.5, 0.6) is 0 Å². The van der Waals surface area contributed by atoms with E-state index in [1.807, 2.05) is 25.1 Å². The highest BCUT2D eigenvalue weighted by molar-refractivity contribution is 5.92. The van der Waals surface area contributed by atoms with E-state index in [4.69, 9.17) is 10.3 Å². The van der Waals surface area contributed by atoms with Crippen molar-refractivity contribution in [3.63, 3.8) is 0 Å². The van der Waals surface area contributed by atoms with Gasteiger partial charge in [0.25, 0.3) is 0 Å².